The highest BCUT2D eigenvalue weighted by molar-refractivity contribution is 6.11. The van der Waals surface area contributed by atoms with Gasteiger partial charge in [-0.05, 0) is 49.1 Å². The number of rotatable bonds is 10. The van der Waals surface area contributed by atoms with Crippen molar-refractivity contribution in [1.29, 1.82) is 0 Å². The van der Waals surface area contributed by atoms with Crippen molar-refractivity contribution in [2.45, 2.75) is 52.4 Å². The molecule has 4 heteroatoms. The first-order valence-corrected chi connectivity index (χ1v) is 11.3. The maximum Gasteiger partial charge on any atom is 0.258 e. The third-order valence-corrected chi connectivity index (χ3v) is 5.54. The lowest BCUT2D eigenvalue weighted by molar-refractivity contribution is -0.116. The van der Waals surface area contributed by atoms with Crippen LogP contribution in [0.5, 0.6) is 0 Å². The lowest BCUT2D eigenvalue weighted by Crippen LogP contribution is -2.30. The van der Waals surface area contributed by atoms with Gasteiger partial charge in [0, 0.05) is 29.6 Å². The van der Waals surface area contributed by atoms with Crippen LogP contribution in [0.4, 0.5) is 11.4 Å². The van der Waals surface area contributed by atoms with Gasteiger partial charge in [0.25, 0.3) is 5.91 Å². The molecule has 0 saturated carbocycles. The fraction of sp³-hybridized carbons (Fsp3) is 0.333. The molecule has 0 spiro atoms. The van der Waals surface area contributed by atoms with E-state index in [2.05, 4.69) is 24.4 Å². The van der Waals surface area contributed by atoms with Gasteiger partial charge in [-0.2, -0.15) is 0 Å². The number of carbonyl (C=O) groups excluding carboxylic acids is 2. The summed E-state index contributed by atoms with van der Waals surface area (Å²) in [5.74, 6) is -0.0193. The first-order chi connectivity index (χ1) is 15.1. The number of nitrogens with zero attached hydrogens (tertiary/aromatic N) is 1. The number of hydrogen-bond acceptors (Lipinski definition) is 2. The lowest BCUT2D eigenvalue weighted by atomic mass is 10.1. The second kappa shape index (κ2) is 11.3. The third-order valence-electron chi connectivity index (χ3n) is 5.54. The standard InChI is InChI=1S/C27H32N2O2/c1-3-5-6-7-8-16-26(30)28-23-19-17-22(18-20-23)27(31)29(4-2)25-15-11-13-21-12-9-10-14-24(21)25/h9-15,17-20H,3-8,16H2,1-2H3,(H,28,30). The summed E-state index contributed by atoms with van der Waals surface area (Å²) in [7, 11) is 0. The summed E-state index contributed by atoms with van der Waals surface area (Å²) < 4.78 is 0. The monoisotopic (exact) mass is 416 g/mol. The molecule has 3 aromatic carbocycles. The van der Waals surface area contributed by atoms with Crippen molar-refractivity contribution in [2.75, 3.05) is 16.8 Å². The molecule has 0 saturated heterocycles. The highest BCUT2D eigenvalue weighted by atomic mass is 16.2. The van der Waals surface area contributed by atoms with Crippen LogP contribution < -0.4 is 10.2 Å². The Morgan fingerprint density at radius 1 is 0.806 bits per heavy atom. The summed E-state index contributed by atoms with van der Waals surface area (Å²) in [5, 5.41) is 5.10. The fourth-order valence-electron chi connectivity index (χ4n) is 3.83. The average Bonchev–Trinajstić information content (AvgIpc) is 2.80. The molecule has 0 aliphatic rings. The Bertz CT molecular complexity index is 1010. The van der Waals surface area contributed by atoms with Gasteiger partial charge in [-0.1, -0.05) is 69.0 Å². The van der Waals surface area contributed by atoms with Crippen molar-refractivity contribution in [3.63, 3.8) is 0 Å². The third kappa shape index (κ3) is 5.94. The number of unbranched alkanes of at least 4 members (excludes halogenated alkanes) is 4. The van der Waals surface area contributed by atoms with E-state index in [1.54, 1.807) is 29.2 Å². The summed E-state index contributed by atoms with van der Waals surface area (Å²) >= 11 is 0. The summed E-state index contributed by atoms with van der Waals surface area (Å²) in [5.41, 5.74) is 2.24. The van der Waals surface area contributed by atoms with E-state index in [0.29, 0.717) is 18.5 Å². The summed E-state index contributed by atoms with van der Waals surface area (Å²) in [6.45, 7) is 4.74. The van der Waals surface area contributed by atoms with Crippen molar-refractivity contribution in [2.24, 2.45) is 0 Å². The van der Waals surface area contributed by atoms with Gasteiger partial charge in [0.1, 0.15) is 0 Å². The van der Waals surface area contributed by atoms with Crippen LogP contribution in [0.25, 0.3) is 10.8 Å². The Labute approximate surface area is 185 Å². The molecular formula is C27H32N2O2. The second-order valence-electron chi connectivity index (χ2n) is 7.84. The average molecular weight is 417 g/mol. The molecule has 0 fully saturated rings. The highest BCUT2D eigenvalue weighted by Crippen LogP contribution is 2.28. The number of anilines is 2. The zero-order valence-electron chi connectivity index (χ0n) is 18.6. The molecule has 31 heavy (non-hydrogen) atoms. The Kier molecular flexibility index (Phi) is 8.22. The van der Waals surface area contributed by atoms with E-state index in [1.165, 1.54) is 19.3 Å². The van der Waals surface area contributed by atoms with Gasteiger partial charge in [-0.15, -0.1) is 0 Å². The second-order valence-corrected chi connectivity index (χ2v) is 7.84. The molecule has 0 unspecified atom stereocenters. The number of carbonyl (C=O) groups is 2. The quantitative estimate of drug-likeness (QED) is 0.369. The van der Waals surface area contributed by atoms with E-state index in [9.17, 15) is 9.59 Å². The maximum atomic E-state index is 13.2. The fourth-order valence-corrected chi connectivity index (χ4v) is 3.83. The van der Waals surface area contributed by atoms with Crippen molar-refractivity contribution < 1.29 is 9.59 Å². The van der Waals surface area contributed by atoms with Crippen molar-refractivity contribution in [3.05, 3.63) is 72.3 Å². The molecular weight excluding hydrogens is 384 g/mol. The first kappa shape index (κ1) is 22.5. The van der Waals surface area contributed by atoms with E-state index in [0.717, 1.165) is 35.0 Å². The minimum Gasteiger partial charge on any atom is -0.326 e. The molecule has 2 amide bonds. The van der Waals surface area contributed by atoms with E-state index in [-0.39, 0.29) is 11.8 Å². The van der Waals surface area contributed by atoms with E-state index >= 15 is 0 Å². The first-order valence-electron chi connectivity index (χ1n) is 11.3. The van der Waals surface area contributed by atoms with Gasteiger partial charge in [0.05, 0.1) is 5.69 Å². The molecule has 0 aliphatic heterocycles. The zero-order valence-corrected chi connectivity index (χ0v) is 18.6. The van der Waals surface area contributed by atoms with Gasteiger partial charge in [-0.3, -0.25) is 9.59 Å². The van der Waals surface area contributed by atoms with Gasteiger partial charge < -0.3 is 10.2 Å². The number of hydrogen-bond donors (Lipinski definition) is 1. The molecule has 0 aromatic heterocycles. The number of amides is 2. The van der Waals surface area contributed by atoms with E-state index in [4.69, 9.17) is 0 Å². The molecule has 162 valence electrons. The molecule has 3 rings (SSSR count). The van der Waals surface area contributed by atoms with Crippen LogP contribution in [0.2, 0.25) is 0 Å². The summed E-state index contributed by atoms with van der Waals surface area (Å²) in [6, 6.07) is 21.3. The topological polar surface area (TPSA) is 49.4 Å². The molecule has 0 aliphatic carbocycles. The number of benzene rings is 3. The molecule has 0 atom stereocenters. The number of fused-ring (bicyclic) bond motifs is 1. The van der Waals surface area contributed by atoms with E-state index in [1.807, 2.05) is 37.3 Å². The van der Waals surface area contributed by atoms with Gasteiger partial charge in [0.15, 0.2) is 0 Å². The van der Waals surface area contributed by atoms with Crippen molar-refractivity contribution in [1.82, 2.24) is 0 Å². The normalized spacial score (nSPS) is 10.8. The Morgan fingerprint density at radius 2 is 1.52 bits per heavy atom. The predicted molar refractivity (Wildman–Crippen MR) is 130 cm³/mol. The largest absolute Gasteiger partial charge is 0.326 e. The Hall–Kier alpha value is -3.14. The SMILES string of the molecule is CCCCCCCC(=O)Nc1ccc(C(=O)N(CC)c2cccc3ccccc23)cc1. The molecule has 0 heterocycles. The van der Waals surface area contributed by atoms with Gasteiger partial charge >= 0.3 is 0 Å². The van der Waals surface area contributed by atoms with Crippen LogP contribution in [-0.4, -0.2) is 18.4 Å². The molecule has 3 aromatic rings. The van der Waals surface area contributed by atoms with Crippen LogP contribution >= 0.6 is 0 Å². The minimum absolute atomic E-state index is 0.0292. The van der Waals surface area contributed by atoms with Crippen LogP contribution in [0.1, 0.15) is 62.7 Å². The van der Waals surface area contributed by atoms with Crippen molar-refractivity contribution >= 4 is 34.0 Å². The lowest BCUT2D eigenvalue weighted by Gasteiger charge is -2.23. The summed E-state index contributed by atoms with van der Waals surface area (Å²) in [6.07, 6.45) is 6.16. The molecule has 0 bridgehead atoms. The number of nitrogens with one attached hydrogen (secondary N) is 1. The van der Waals surface area contributed by atoms with Crippen LogP contribution in [-0.2, 0) is 4.79 Å². The van der Waals surface area contributed by atoms with Crippen LogP contribution in [0, 0.1) is 0 Å². The minimum atomic E-state index is -0.0485. The molecule has 0 radical (unpaired) electrons. The predicted octanol–water partition coefficient (Wildman–Crippen LogP) is 6.81. The maximum absolute atomic E-state index is 13.2. The van der Waals surface area contributed by atoms with Gasteiger partial charge in [0.2, 0.25) is 5.91 Å². The molecule has 4 nitrogen and oxygen atoms in total. The van der Waals surface area contributed by atoms with Crippen LogP contribution in [0.15, 0.2) is 66.7 Å². The zero-order chi connectivity index (χ0) is 22.1. The molecule has 1 N–H and O–H groups in total. The Morgan fingerprint density at radius 3 is 2.26 bits per heavy atom. The summed E-state index contributed by atoms with van der Waals surface area (Å²) in [4.78, 5) is 27.2. The van der Waals surface area contributed by atoms with E-state index < -0.39 is 0 Å². The highest BCUT2D eigenvalue weighted by Gasteiger charge is 2.18. The van der Waals surface area contributed by atoms with Crippen molar-refractivity contribution in [3.8, 4) is 0 Å². The Balaban J connectivity index is 1.65. The van der Waals surface area contributed by atoms with Crippen LogP contribution in [0.3, 0.4) is 0 Å². The van der Waals surface area contributed by atoms with Gasteiger partial charge in [-0.25, -0.2) is 0 Å². The smallest absolute Gasteiger partial charge is 0.258 e.